The maximum Gasteiger partial charge on any atom is 0.297 e. The minimum absolute atomic E-state index is 0.239. The van der Waals surface area contributed by atoms with Crippen LogP contribution in [0.1, 0.15) is 6.42 Å². The van der Waals surface area contributed by atoms with Gasteiger partial charge in [0, 0.05) is 6.42 Å². The lowest BCUT2D eigenvalue weighted by Gasteiger charge is -2.26. The van der Waals surface area contributed by atoms with Gasteiger partial charge in [-0.15, -0.1) is 0 Å². The van der Waals surface area contributed by atoms with Gasteiger partial charge < -0.3 is 10.5 Å². The normalized spacial score (nSPS) is 26.1. The van der Waals surface area contributed by atoms with E-state index in [9.17, 15) is 16.8 Å². The van der Waals surface area contributed by atoms with E-state index in [0.29, 0.717) is 6.08 Å². The lowest BCUT2D eigenvalue weighted by molar-refractivity contribution is 0.297. The molecule has 0 saturated carbocycles. The maximum atomic E-state index is 11.0. The SMILES string of the molecule is COC1=CCC(N)(S(=O)(=O)O)C=C1S(=O)(=O)O. The predicted molar refractivity (Wildman–Crippen MR) is 57.8 cm³/mol. The Kier molecular flexibility index (Phi) is 3.38. The van der Waals surface area contributed by atoms with Crippen LogP contribution in [0.3, 0.4) is 0 Å². The molecule has 8 nitrogen and oxygen atoms in total. The zero-order chi connectivity index (χ0) is 13.5. The molecule has 0 radical (unpaired) electrons. The predicted octanol–water partition coefficient (Wildman–Crippen LogP) is -0.765. The maximum absolute atomic E-state index is 11.0. The number of rotatable bonds is 3. The Labute approximate surface area is 98.3 Å². The molecule has 0 bridgehead atoms. The Hall–Kier alpha value is -0.940. The first-order chi connectivity index (χ1) is 7.51. The molecule has 98 valence electrons. The third kappa shape index (κ3) is 2.66. The average Bonchev–Trinajstić information content (AvgIpc) is 2.14. The van der Waals surface area contributed by atoms with Crippen LogP contribution in [0.15, 0.2) is 22.8 Å². The smallest absolute Gasteiger partial charge is 0.297 e. The molecule has 0 aromatic heterocycles. The molecule has 4 N–H and O–H groups in total. The van der Waals surface area contributed by atoms with Gasteiger partial charge in [0.2, 0.25) is 0 Å². The zero-order valence-electron chi connectivity index (χ0n) is 8.69. The van der Waals surface area contributed by atoms with E-state index < -0.39 is 30.0 Å². The van der Waals surface area contributed by atoms with Crippen LogP contribution in [-0.2, 0) is 25.0 Å². The van der Waals surface area contributed by atoms with Crippen molar-refractivity contribution in [2.75, 3.05) is 7.11 Å². The molecule has 1 atom stereocenters. The third-order valence-corrected chi connectivity index (χ3v) is 4.32. The van der Waals surface area contributed by atoms with E-state index in [1.807, 2.05) is 0 Å². The van der Waals surface area contributed by atoms with Crippen molar-refractivity contribution in [1.29, 1.82) is 0 Å². The highest BCUT2D eigenvalue weighted by molar-refractivity contribution is 7.90. The first-order valence-corrected chi connectivity index (χ1v) is 7.10. The second-order valence-electron chi connectivity index (χ2n) is 3.39. The monoisotopic (exact) mass is 285 g/mol. The van der Waals surface area contributed by atoms with E-state index in [1.54, 1.807) is 0 Å². The van der Waals surface area contributed by atoms with Crippen LogP contribution < -0.4 is 5.73 Å². The molecule has 1 unspecified atom stereocenters. The van der Waals surface area contributed by atoms with Gasteiger partial charge in [-0.2, -0.15) is 16.8 Å². The molecular formula is C7H11NO7S2. The Morgan fingerprint density at radius 1 is 1.35 bits per heavy atom. The van der Waals surface area contributed by atoms with Crippen molar-refractivity contribution >= 4 is 20.2 Å². The van der Waals surface area contributed by atoms with Crippen LogP contribution in [0.5, 0.6) is 0 Å². The average molecular weight is 285 g/mol. The minimum atomic E-state index is -4.72. The van der Waals surface area contributed by atoms with Gasteiger partial charge in [0.1, 0.15) is 10.7 Å². The molecule has 1 aliphatic carbocycles. The highest BCUT2D eigenvalue weighted by Crippen LogP contribution is 2.30. The standard InChI is InChI=1S/C7H11NO7S2/c1-15-5-2-3-7(8,17(12,13)14)4-6(5)16(9,10)11/h2,4H,3,8H2,1H3,(H,9,10,11)(H,12,13,14). The van der Waals surface area contributed by atoms with Crippen molar-refractivity contribution in [3.63, 3.8) is 0 Å². The Morgan fingerprint density at radius 2 is 1.88 bits per heavy atom. The first-order valence-electron chi connectivity index (χ1n) is 4.22. The Balaban J connectivity index is 3.45. The number of hydrogen-bond donors (Lipinski definition) is 3. The topological polar surface area (TPSA) is 144 Å². The molecule has 10 heteroatoms. The summed E-state index contributed by atoms with van der Waals surface area (Å²) in [6.07, 6.45) is 1.21. The zero-order valence-corrected chi connectivity index (χ0v) is 10.3. The fourth-order valence-corrected chi connectivity index (χ4v) is 2.69. The summed E-state index contributed by atoms with van der Waals surface area (Å²) in [6, 6.07) is 0. The summed E-state index contributed by atoms with van der Waals surface area (Å²) in [7, 11) is -8.29. The van der Waals surface area contributed by atoms with E-state index in [1.165, 1.54) is 0 Å². The van der Waals surface area contributed by atoms with Crippen LogP contribution in [0.2, 0.25) is 0 Å². The number of methoxy groups -OCH3 is 1. The highest BCUT2D eigenvalue weighted by Gasteiger charge is 2.41. The van der Waals surface area contributed by atoms with Crippen molar-refractivity contribution in [2.24, 2.45) is 5.73 Å². The highest BCUT2D eigenvalue weighted by atomic mass is 32.2. The summed E-state index contributed by atoms with van der Waals surface area (Å²) in [4.78, 5) is -3.11. The van der Waals surface area contributed by atoms with Crippen LogP contribution in [0.25, 0.3) is 0 Å². The van der Waals surface area contributed by atoms with Gasteiger partial charge in [-0.25, -0.2) is 0 Å². The molecule has 0 heterocycles. The number of hydrogen-bond acceptors (Lipinski definition) is 6. The largest absolute Gasteiger partial charge is 0.496 e. The Morgan fingerprint density at radius 3 is 2.24 bits per heavy atom. The fraction of sp³-hybridized carbons (Fsp3) is 0.429. The lowest BCUT2D eigenvalue weighted by atomic mass is 10.1. The molecule has 0 spiro atoms. The van der Waals surface area contributed by atoms with Crippen LogP contribution >= 0.6 is 0 Å². The van der Waals surface area contributed by atoms with Gasteiger partial charge in [0.05, 0.1) is 7.11 Å². The second-order valence-corrected chi connectivity index (χ2v) is 6.49. The molecule has 0 aliphatic heterocycles. The Bertz CT molecular complexity index is 586. The number of ether oxygens (including phenoxy) is 1. The van der Waals surface area contributed by atoms with Gasteiger partial charge in [0.15, 0.2) is 4.87 Å². The van der Waals surface area contributed by atoms with Crippen LogP contribution in [0, 0.1) is 0 Å². The molecule has 0 aromatic carbocycles. The molecule has 0 aromatic rings. The van der Waals surface area contributed by atoms with Crippen molar-refractivity contribution < 1.29 is 30.7 Å². The van der Waals surface area contributed by atoms with E-state index >= 15 is 0 Å². The van der Waals surface area contributed by atoms with Crippen LogP contribution in [0.4, 0.5) is 0 Å². The summed E-state index contributed by atoms with van der Waals surface area (Å²) in [5.41, 5.74) is 5.35. The third-order valence-electron chi connectivity index (χ3n) is 2.20. The van der Waals surface area contributed by atoms with Crippen molar-refractivity contribution in [2.45, 2.75) is 11.3 Å². The van der Waals surface area contributed by atoms with Gasteiger partial charge in [0.25, 0.3) is 20.2 Å². The molecule has 1 rings (SSSR count). The second kappa shape index (κ2) is 4.07. The van der Waals surface area contributed by atoms with E-state index in [2.05, 4.69) is 4.74 Å². The summed E-state index contributed by atoms with van der Waals surface area (Å²) < 4.78 is 66.5. The van der Waals surface area contributed by atoms with E-state index in [0.717, 1.165) is 13.2 Å². The molecular weight excluding hydrogens is 274 g/mol. The molecule has 0 fully saturated rings. The summed E-state index contributed by atoms with van der Waals surface area (Å²) >= 11 is 0. The molecule has 0 saturated heterocycles. The van der Waals surface area contributed by atoms with Crippen LogP contribution in [-0.4, -0.2) is 37.9 Å². The number of nitrogens with two attached hydrogens (primary N) is 1. The summed E-state index contributed by atoms with van der Waals surface area (Å²) in [5.74, 6) is -0.239. The quantitative estimate of drug-likeness (QED) is 0.573. The summed E-state index contributed by atoms with van der Waals surface area (Å²) in [5, 5.41) is 0. The molecule has 1 aliphatic rings. The fourth-order valence-electron chi connectivity index (χ4n) is 1.27. The lowest BCUT2D eigenvalue weighted by Crippen LogP contribution is -2.47. The van der Waals surface area contributed by atoms with E-state index in [4.69, 9.17) is 14.8 Å². The van der Waals surface area contributed by atoms with Crippen molar-refractivity contribution in [3.8, 4) is 0 Å². The first kappa shape index (κ1) is 14.1. The van der Waals surface area contributed by atoms with Crippen molar-refractivity contribution in [3.05, 3.63) is 22.8 Å². The van der Waals surface area contributed by atoms with Gasteiger partial charge in [-0.3, -0.25) is 9.11 Å². The van der Waals surface area contributed by atoms with Crippen molar-refractivity contribution in [1.82, 2.24) is 0 Å². The molecule has 17 heavy (non-hydrogen) atoms. The van der Waals surface area contributed by atoms with Gasteiger partial charge in [-0.05, 0) is 12.2 Å². The van der Waals surface area contributed by atoms with Gasteiger partial charge in [-0.1, -0.05) is 0 Å². The van der Waals surface area contributed by atoms with Gasteiger partial charge >= 0.3 is 0 Å². The molecule has 0 amide bonds. The minimum Gasteiger partial charge on any atom is -0.496 e. The summed E-state index contributed by atoms with van der Waals surface area (Å²) in [6.45, 7) is 0. The van der Waals surface area contributed by atoms with E-state index in [-0.39, 0.29) is 12.2 Å².